The summed E-state index contributed by atoms with van der Waals surface area (Å²) in [5, 5.41) is 3.23. The molecule has 0 saturated carbocycles. The van der Waals surface area contributed by atoms with Gasteiger partial charge in [-0.15, -0.1) is 0 Å². The Morgan fingerprint density at radius 2 is 1.77 bits per heavy atom. The van der Waals surface area contributed by atoms with E-state index in [1.54, 1.807) is 24.3 Å². The molecule has 0 aliphatic carbocycles. The van der Waals surface area contributed by atoms with Gasteiger partial charge in [0.1, 0.15) is 17.4 Å². The number of hydrogen-bond acceptors (Lipinski definition) is 4. The first-order chi connectivity index (χ1) is 12.7. The average Bonchev–Trinajstić information content (AvgIpc) is 3.25. The molecule has 4 nitrogen and oxygen atoms in total. The van der Waals surface area contributed by atoms with Crippen LogP contribution in [0.2, 0.25) is 5.02 Å². The van der Waals surface area contributed by atoms with Crippen molar-refractivity contribution in [2.24, 2.45) is 4.99 Å². The van der Waals surface area contributed by atoms with Gasteiger partial charge in [-0.3, -0.25) is 4.79 Å². The number of halogens is 1. The number of amides is 1. The lowest BCUT2D eigenvalue weighted by Gasteiger charge is -1.99. The maximum Gasteiger partial charge on any atom is 0.289 e. The van der Waals surface area contributed by atoms with Crippen LogP contribution in [0.1, 0.15) is 5.76 Å². The van der Waals surface area contributed by atoms with Crippen LogP contribution in [0.3, 0.4) is 0 Å². The highest BCUT2D eigenvalue weighted by Crippen LogP contribution is 2.30. The number of furan rings is 1. The third kappa shape index (κ3) is 3.74. The number of carbonyl (C=O) groups excluding carboxylic acids is 1. The molecule has 1 fully saturated rings. The quantitative estimate of drug-likeness (QED) is 0.594. The zero-order valence-electron chi connectivity index (χ0n) is 13.5. The van der Waals surface area contributed by atoms with Crippen LogP contribution in [-0.4, -0.2) is 11.1 Å². The fourth-order valence-electron chi connectivity index (χ4n) is 2.47. The second kappa shape index (κ2) is 7.23. The van der Waals surface area contributed by atoms with Gasteiger partial charge in [-0.1, -0.05) is 41.9 Å². The Hall–Kier alpha value is -2.76. The lowest BCUT2D eigenvalue weighted by molar-refractivity contribution is 0.265. The summed E-state index contributed by atoms with van der Waals surface area (Å²) < 4.78 is 5.88. The van der Waals surface area contributed by atoms with Crippen molar-refractivity contribution in [1.29, 1.82) is 0 Å². The SMILES string of the molecule is O=C1NC(=Nc2ccc(Cl)cc2)/C(=C/c2ccc(-c3ccccc3)o2)S1. The molecule has 0 radical (unpaired) electrons. The Bertz CT molecular complexity index is 1010. The predicted octanol–water partition coefficient (Wildman–Crippen LogP) is 6.13. The highest BCUT2D eigenvalue weighted by Gasteiger charge is 2.24. The van der Waals surface area contributed by atoms with Crippen molar-refractivity contribution in [2.75, 3.05) is 0 Å². The monoisotopic (exact) mass is 380 g/mol. The third-order valence-corrected chi connectivity index (χ3v) is 4.75. The van der Waals surface area contributed by atoms with Crippen LogP contribution in [0.25, 0.3) is 17.4 Å². The normalized spacial score (nSPS) is 17.0. The van der Waals surface area contributed by atoms with Crippen molar-refractivity contribution in [2.45, 2.75) is 0 Å². The predicted molar refractivity (Wildman–Crippen MR) is 107 cm³/mol. The molecule has 2 aromatic carbocycles. The number of benzene rings is 2. The molecule has 2 heterocycles. The van der Waals surface area contributed by atoms with Crippen molar-refractivity contribution >= 4 is 46.2 Å². The van der Waals surface area contributed by atoms with Crippen molar-refractivity contribution in [3.8, 4) is 11.3 Å². The largest absolute Gasteiger partial charge is 0.457 e. The first-order valence-electron chi connectivity index (χ1n) is 7.88. The van der Waals surface area contributed by atoms with Gasteiger partial charge in [0.25, 0.3) is 5.24 Å². The first kappa shape index (κ1) is 16.7. The molecule has 26 heavy (non-hydrogen) atoms. The van der Waals surface area contributed by atoms with Crippen molar-refractivity contribution in [3.05, 3.63) is 82.4 Å². The second-order valence-corrected chi connectivity index (χ2v) is 6.98. The number of carbonyl (C=O) groups is 1. The standard InChI is InChI=1S/C20H13ClN2O2S/c21-14-6-8-15(9-7-14)22-19-18(26-20(24)23-19)12-16-10-11-17(25-16)13-4-2-1-3-5-13/h1-12H,(H,22,23,24)/b18-12-. The second-order valence-electron chi connectivity index (χ2n) is 5.53. The number of aliphatic imine (C=N–C) groups is 1. The highest BCUT2D eigenvalue weighted by molar-refractivity contribution is 8.18. The van der Waals surface area contributed by atoms with Gasteiger partial charge < -0.3 is 9.73 Å². The summed E-state index contributed by atoms with van der Waals surface area (Å²) in [6.45, 7) is 0. The smallest absolute Gasteiger partial charge is 0.289 e. The van der Waals surface area contributed by atoms with E-state index in [0.717, 1.165) is 23.1 Å². The third-order valence-electron chi connectivity index (χ3n) is 3.68. The van der Waals surface area contributed by atoms with Crippen LogP contribution in [0.4, 0.5) is 10.5 Å². The number of amidine groups is 1. The van der Waals surface area contributed by atoms with E-state index < -0.39 is 0 Å². The van der Waals surface area contributed by atoms with Crippen LogP contribution in [-0.2, 0) is 0 Å². The number of nitrogens with zero attached hydrogens (tertiary/aromatic N) is 1. The molecule has 1 amide bonds. The van der Waals surface area contributed by atoms with Gasteiger partial charge in [-0.25, -0.2) is 4.99 Å². The van der Waals surface area contributed by atoms with E-state index >= 15 is 0 Å². The van der Waals surface area contributed by atoms with Gasteiger partial charge in [-0.2, -0.15) is 0 Å². The van der Waals surface area contributed by atoms with E-state index in [1.165, 1.54) is 0 Å². The molecule has 0 unspecified atom stereocenters. The zero-order chi connectivity index (χ0) is 17.9. The molecule has 0 atom stereocenters. The lowest BCUT2D eigenvalue weighted by Crippen LogP contribution is -2.18. The minimum absolute atomic E-state index is 0.168. The van der Waals surface area contributed by atoms with Gasteiger partial charge in [-0.05, 0) is 54.2 Å². The van der Waals surface area contributed by atoms with Crippen LogP contribution in [0, 0.1) is 0 Å². The molecule has 1 aliphatic heterocycles. The number of rotatable bonds is 3. The molecular weight excluding hydrogens is 368 g/mol. The average molecular weight is 381 g/mol. The number of nitrogens with one attached hydrogen (secondary N) is 1. The van der Waals surface area contributed by atoms with Gasteiger partial charge in [0.15, 0.2) is 0 Å². The Morgan fingerprint density at radius 1 is 1.00 bits per heavy atom. The van der Waals surface area contributed by atoms with E-state index in [4.69, 9.17) is 16.0 Å². The minimum Gasteiger partial charge on any atom is -0.457 e. The molecule has 0 spiro atoms. The van der Waals surface area contributed by atoms with Crippen LogP contribution >= 0.6 is 23.4 Å². The zero-order valence-corrected chi connectivity index (χ0v) is 15.1. The molecular formula is C20H13ClN2O2S. The Morgan fingerprint density at radius 3 is 2.54 bits per heavy atom. The molecule has 1 aliphatic rings. The van der Waals surface area contributed by atoms with Crippen molar-refractivity contribution in [3.63, 3.8) is 0 Å². The van der Waals surface area contributed by atoms with Crippen LogP contribution < -0.4 is 5.32 Å². The number of hydrogen-bond donors (Lipinski definition) is 1. The van der Waals surface area contributed by atoms with Crippen LogP contribution in [0.5, 0.6) is 0 Å². The molecule has 3 aromatic rings. The molecule has 1 saturated heterocycles. The summed E-state index contributed by atoms with van der Waals surface area (Å²) in [4.78, 5) is 17.0. The van der Waals surface area contributed by atoms with Crippen molar-refractivity contribution < 1.29 is 9.21 Å². The maximum absolute atomic E-state index is 11.8. The summed E-state index contributed by atoms with van der Waals surface area (Å²) in [6.07, 6.45) is 1.81. The summed E-state index contributed by atoms with van der Waals surface area (Å²) >= 11 is 6.98. The van der Waals surface area contributed by atoms with Gasteiger partial charge >= 0.3 is 0 Å². The molecule has 1 aromatic heterocycles. The molecule has 1 N–H and O–H groups in total. The fourth-order valence-corrected chi connectivity index (χ4v) is 3.32. The topological polar surface area (TPSA) is 54.6 Å². The van der Waals surface area contributed by atoms with E-state index in [0.29, 0.717) is 27.2 Å². The van der Waals surface area contributed by atoms with Gasteiger partial charge in [0.2, 0.25) is 0 Å². The fraction of sp³-hybridized carbons (Fsp3) is 0. The van der Waals surface area contributed by atoms with E-state index in [9.17, 15) is 4.79 Å². The van der Waals surface area contributed by atoms with Gasteiger partial charge in [0, 0.05) is 10.6 Å². The Labute approximate surface area is 159 Å². The first-order valence-corrected chi connectivity index (χ1v) is 9.07. The van der Waals surface area contributed by atoms with E-state index in [1.807, 2.05) is 48.5 Å². The van der Waals surface area contributed by atoms with E-state index in [2.05, 4.69) is 10.3 Å². The summed E-state index contributed by atoms with van der Waals surface area (Å²) in [6, 6.07) is 20.7. The van der Waals surface area contributed by atoms with Crippen molar-refractivity contribution in [1.82, 2.24) is 5.32 Å². The van der Waals surface area contributed by atoms with E-state index in [-0.39, 0.29) is 5.24 Å². The summed E-state index contributed by atoms with van der Waals surface area (Å²) in [5.41, 5.74) is 1.71. The number of thioether (sulfide) groups is 1. The summed E-state index contributed by atoms with van der Waals surface area (Å²) in [7, 11) is 0. The Balaban J connectivity index is 1.64. The van der Waals surface area contributed by atoms with Gasteiger partial charge in [0.05, 0.1) is 10.6 Å². The molecule has 4 rings (SSSR count). The Kier molecular flexibility index (Phi) is 4.65. The minimum atomic E-state index is -0.168. The molecule has 0 bridgehead atoms. The highest BCUT2D eigenvalue weighted by atomic mass is 35.5. The molecule has 128 valence electrons. The summed E-state index contributed by atoms with van der Waals surface area (Å²) in [5.74, 6) is 1.93. The maximum atomic E-state index is 11.8. The lowest BCUT2D eigenvalue weighted by atomic mass is 10.2. The molecule has 6 heteroatoms. The van der Waals surface area contributed by atoms with Crippen LogP contribution in [0.15, 0.2) is 81.0 Å².